The standard InChI is InChI=1S/C12H13N5O2/c1-2-16-8-4-5-10(16)9-14-15-12-11(17(18)19)6-3-7-13-12/h3-9H,2H2,1H3,(H,13,15)/b14-9-. The van der Waals surface area contributed by atoms with E-state index in [2.05, 4.69) is 15.5 Å². The van der Waals surface area contributed by atoms with Crippen molar-refractivity contribution in [1.82, 2.24) is 9.55 Å². The zero-order chi connectivity index (χ0) is 13.7. The molecule has 0 aromatic carbocycles. The lowest BCUT2D eigenvalue weighted by Gasteiger charge is -2.02. The average molecular weight is 259 g/mol. The second kappa shape index (κ2) is 5.76. The first-order valence-corrected chi connectivity index (χ1v) is 5.76. The van der Waals surface area contributed by atoms with E-state index >= 15 is 0 Å². The number of hydrazone groups is 1. The van der Waals surface area contributed by atoms with Crippen molar-refractivity contribution in [2.45, 2.75) is 13.5 Å². The van der Waals surface area contributed by atoms with Crippen LogP contribution in [0.15, 0.2) is 41.8 Å². The molecule has 0 fully saturated rings. The number of rotatable bonds is 5. The monoisotopic (exact) mass is 259 g/mol. The van der Waals surface area contributed by atoms with Crippen LogP contribution in [0, 0.1) is 10.1 Å². The third kappa shape index (κ3) is 2.95. The Labute approximate surface area is 109 Å². The highest BCUT2D eigenvalue weighted by Gasteiger charge is 2.12. The molecule has 1 N–H and O–H groups in total. The molecule has 2 heterocycles. The molecule has 0 unspecified atom stereocenters. The highest BCUT2D eigenvalue weighted by Crippen LogP contribution is 2.19. The lowest BCUT2D eigenvalue weighted by molar-refractivity contribution is -0.384. The SMILES string of the molecule is CCn1cccc1/C=N\Nc1ncccc1[N+](=O)[O-]. The average Bonchev–Trinajstić information content (AvgIpc) is 2.86. The normalized spacial score (nSPS) is 10.8. The quantitative estimate of drug-likeness (QED) is 0.507. The maximum absolute atomic E-state index is 10.8. The lowest BCUT2D eigenvalue weighted by atomic mass is 10.4. The summed E-state index contributed by atoms with van der Waals surface area (Å²) >= 11 is 0. The number of aromatic nitrogens is 2. The molecule has 0 aliphatic carbocycles. The molecule has 0 bridgehead atoms. The molecule has 0 saturated carbocycles. The van der Waals surface area contributed by atoms with Gasteiger partial charge in [-0.25, -0.2) is 4.98 Å². The van der Waals surface area contributed by atoms with Gasteiger partial charge in [0.05, 0.1) is 16.8 Å². The molecule has 98 valence electrons. The van der Waals surface area contributed by atoms with E-state index in [0.717, 1.165) is 12.2 Å². The van der Waals surface area contributed by atoms with Crippen LogP contribution < -0.4 is 5.43 Å². The molecule has 2 rings (SSSR count). The van der Waals surface area contributed by atoms with Crippen molar-refractivity contribution in [1.29, 1.82) is 0 Å². The van der Waals surface area contributed by atoms with Crippen LogP contribution >= 0.6 is 0 Å². The molecule has 2 aromatic rings. The number of pyridine rings is 1. The fourth-order valence-electron chi connectivity index (χ4n) is 1.62. The fraction of sp³-hybridized carbons (Fsp3) is 0.167. The first kappa shape index (κ1) is 12.7. The number of hydrogen-bond donors (Lipinski definition) is 1. The van der Waals surface area contributed by atoms with Crippen LogP contribution in [0.4, 0.5) is 11.5 Å². The Kier molecular flexibility index (Phi) is 3.87. The number of nitrogens with zero attached hydrogens (tertiary/aromatic N) is 4. The van der Waals surface area contributed by atoms with Crippen LogP contribution in [-0.4, -0.2) is 20.7 Å². The van der Waals surface area contributed by atoms with Crippen molar-refractivity contribution in [3.8, 4) is 0 Å². The van der Waals surface area contributed by atoms with Crippen molar-refractivity contribution in [3.63, 3.8) is 0 Å². The molecule has 0 spiro atoms. The van der Waals surface area contributed by atoms with E-state index in [9.17, 15) is 10.1 Å². The van der Waals surface area contributed by atoms with Gasteiger partial charge in [-0.1, -0.05) is 0 Å². The zero-order valence-corrected chi connectivity index (χ0v) is 10.4. The summed E-state index contributed by atoms with van der Waals surface area (Å²) in [6.07, 6.45) is 5.01. The van der Waals surface area contributed by atoms with Gasteiger partial charge in [0, 0.05) is 25.0 Å². The minimum absolute atomic E-state index is 0.106. The number of aryl methyl sites for hydroxylation is 1. The minimum Gasteiger partial charge on any atom is -0.347 e. The van der Waals surface area contributed by atoms with Crippen molar-refractivity contribution < 1.29 is 4.92 Å². The minimum atomic E-state index is -0.500. The van der Waals surface area contributed by atoms with Gasteiger partial charge >= 0.3 is 5.69 Å². The van der Waals surface area contributed by atoms with E-state index < -0.39 is 4.92 Å². The molecular weight excluding hydrogens is 246 g/mol. The van der Waals surface area contributed by atoms with Crippen molar-refractivity contribution >= 4 is 17.7 Å². The van der Waals surface area contributed by atoms with Crippen LogP contribution in [-0.2, 0) is 6.54 Å². The molecular formula is C12H13N5O2. The summed E-state index contributed by atoms with van der Waals surface area (Å²) < 4.78 is 2.00. The Bertz CT molecular complexity index is 606. The fourth-order valence-corrected chi connectivity index (χ4v) is 1.62. The van der Waals surface area contributed by atoms with Gasteiger partial charge in [0.2, 0.25) is 5.82 Å². The second-order valence-electron chi connectivity index (χ2n) is 3.72. The lowest BCUT2D eigenvalue weighted by Crippen LogP contribution is -2.01. The van der Waals surface area contributed by atoms with Gasteiger partial charge in [0.15, 0.2) is 0 Å². The van der Waals surface area contributed by atoms with E-state index in [1.54, 1.807) is 6.21 Å². The topological polar surface area (TPSA) is 85.3 Å². The Morgan fingerprint density at radius 1 is 1.53 bits per heavy atom. The van der Waals surface area contributed by atoms with E-state index in [1.165, 1.54) is 18.3 Å². The van der Waals surface area contributed by atoms with Crippen LogP contribution in [0.25, 0.3) is 0 Å². The van der Waals surface area contributed by atoms with Gasteiger partial charge in [-0.05, 0) is 25.1 Å². The molecule has 0 amide bonds. The number of anilines is 1. The molecule has 2 aromatic heterocycles. The molecule has 0 saturated heterocycles. The highest BCUT2D eigenvalue weighted by atomic mass is 16.6. The van der Waals surface area contributed by atoms with Gasteiger partial charge < -0.3 is 4.57 Å². The molecule has 0 aliphatic heterocycles. The van der Waals surface area contributed by atoms with Gasteiger partial charge in [-0.2, -0.15) is 5.10 Å². The van der Waals surface area contributed by atoms with E-state index in [1.807, 2.05) is 29.8 Å². The summed E-state index contributed by atoms with van der Waals surface area (Å²) in [4.78, 5) is 14.2. The predicted octanol–water partition coefficient (Wildman–Crippen LogP) is 2.26. The zero-order valence-electron chi connectivity index (χ0n) is 10.4. The predicted molar refractivity (Wildman–Crippen MR) is 72.2 cm³/mol. The Morgan fingerprint density at radius 3 is 3.11 bits per heavy atom. The molecule has 0 atom stereocenters. The third-order valence-electron chi connectivity index (χ3n) is 2.56. The van der Waals surface area contributed by atoms with E-state index in [4.69, 9.17) is 0 Å². The van der Waals surface area contributed by atoms with Crippen LogP contribution in [0.3, 0.4) is 0 Å². The number of nitro groups is 1. The Hall–Kier alpha value is -2.70. The first-order valence-electron chi connectivity index (χ1n) is 5.76. The number of hydrogen-bond acceptors (Lipinski definition) is 5. The molecule has 7 heteroatoms. The Balaban J connectivity index is 2.13. The van der Waals surface area contributed by atoms with Crippen molar-refractivity contribution in [3.05, 3.63) is 52.5 Å². The second-order valence-corrected chi connectivity index (χ2v) is 3.72. The summed E-state index contributed by atoms with van der Waals surface area (Å²) in [5, 5.41) is 14.8. The maximum Gasteiger partial charge on any atom is 0.313 e. The summed E-state index contributed by atoms with van der Waals surface area (Å²) in [7, 11) is 0. The van der Waals surface area contributed by atoms with Crippen LogP contribution in [0.5, 0.6) is 0 Å². The summed E-state index contributed by atoms with van der Waals surface area (Å²) in [5.74, 6) is 0.123. The molecule has 0 aliphatic rings. The van der Waals surface area contributed by atoms with E-state index in [-0.39, 0.29) is 11.5 Å². The maximum atomic E-state index is 10.8. The van der Waals surface area contributed by atoms with Gasteiger partial charge in [-0.15, -0.1) is 0 Å². The summed E-state index contributed by atoms with van der Waals surface area (Å²) in [5.41, 5.74) is 3.39. The molecule has 19 heavy (non-hydrogen) atoms. The highest BCUT2D eigenvalue weighted by molar-refractivity contribution is 5.78. The van der Waals surface area contributed by atoms with Gasteiger partial charge in [-0.3, -0.25) is 15.5 Å². The third-order valence-corrected chi connectivity index (χ3v) is 2.56. The summed E-state index contributed by atoms with van der Waals surface area (Å²) in [6, 6.07) is 6.70. The van der Waals surface area contributed by atoms with Gasteiger partial charge in [0.25, 0.3) is 0 Å². The van der Waals surface area contributed by atoms with E-state index in [0.29, 0.717) is 0 Å². The van der Waals surface area contributed by atoms with Crippen LogP contribution in [0.1, 0.15) is 12.6 Å². The number of nitrogens with one attached hydrogen (secondary N) is 1. The first-order chi connectivity index (χ1) is 9.22. The largest absolute Gasteiger partial charge is 0.347 e. The Morgan fingerprint density at radius 2 is 2.37 bits per heavy atom. The van der Waals surface area contributed by atoms with Crippen molar-refractivity contribution in [2.75, 3.05) is 5.43 Å². The molecule has 7 nitrogen and oxygen atoms in total. The van der Waals surface area contributed by atoms with Crippen molar-refractivity contribution in [2.24, 2.45) is 5.10 Å². The molecule has 0 radical (unpaired) electrons. The smallest absolute Gasteiger partial charge is 0.313 e. The summed E-state index contributed by atoms with van der Waals surface area (Å²) in [6.45, 7) is 2.85. The van der Waals surface area contributed by atoms with Gasteiger partial charge in [0.1, 0.15) is 0 Å². The van der Waals surface area contributed by atoms with Crippen LogP contribution in [0.2, 0.25) is 0 Å².